The molecule has 0 aliphatic carbocycles. The molecule has 0 fully saturated rings. The molecule has 1 aromatic carbocycles. The van der Waals surface area contributed by atoms with Crippen LogP contribution in [0.4, 0.5) is 0 Å². The molecule has 16 heavy (non-hydrogen) atoms. The van der Waals surface area contributed by atoms with Gasteiger partial charge in [0, 0.05) is 12.2 Å². The average molecular weight is 214 g/mol. The summed E-state index contributed by atoms with van der Waals surface area (Å²) in [4.78, 5) is 14.5. The Bertz CT molecular complexity index is 462. The molecule has 0 radical (unpaired) electrons. The van der Waals surface area contributed by atoms with Crippen LogP contribution in [0.15, 0.2) is 42.9 Å². The van der Waals surface area contributed by atoms with E-state index >= 15 is 0 Å². The van der Waals surface area contributed by atoms with Crippen molar-refractivity contribution in [2.45, 2.75) is 19.4 Å². The molecule has 0 aliphatic rings. The van der Waals surface area contributed by atoms with E-state index in [2.05, 4.69) is 24.0 Å². The van der Waals surface area contributed by atoms with Crippen molar-refractivity contribution in [3.63, 3.8) is 0 Å². The first-order valence-corrected chi connectivity index (χ1v) is 5.32. The molecule has 0 aliphatic heterocycles. The molecule has 2 rings (SSSR count). The Kier molecular flexibility index (Phi) is 3.15. The van der Waals surface area contributed by atoms with Gasteiger partial charge in [-0.15, -0.1) is 0 Å². The topological polar surface area (TPSA) is 34.9 Å². The SMILES string of the molecule is C[C@@H](Cc1ccccc1)n1cnc(C=O)c1. The van der Waals surface area contributed by atoms with Crippen molar-refractivity contribution < 1.29 is 4.79 Å². The molecule has 1 heterocycles. The van der Waals surface area contributed by atoms with Gasteiger partial charge in [0.1, 0.15) is 5.69 Å². The highest BCUT2D eigenvalue weighted by atomic mass is 16.1. The smallest absolute Gasteiger partial charge is 0.169 e. The lowest BCUT2D eigenvalue weighted by atomic mass is 10.1. The zero-order chi connectivity index (χ0) is 11.4. The zero-order valence-electron chi connectivity index (χ0n) is 9.21. The molecule has 0 N–H and O–H groups in total. The van der Waals surface area contributed by atoms with Crippen LogP contribution in [0.5, 0.6) is 0 Å². The Morgan fingerprint density at radius 3 is 2.75 bits per heavy atom. The van der Waals surface area contributed by atoms with E-state index < -0.39 is 0 Å². The van der Waals surface area contributed by atoms with Crippen molar-refractivity contribution in [2.75, 3.05) is 0 Å². The Morgan fingerprint density at radius 1 is 1.38 bits per heavy atom. The van der Waals surface area contributed by atoms with Gasteiger partial charge in [0.2, 0.25) is 0 Å². The first-order chi connectivity index (χ1) is 7.79. The van der Waals surface area contributed by atoms with Gasteiger partial charge in [-0.25, -0.2) is 4.98 Å². The summed E-state index contributed by atoms with van der Waals surface area (Å²) >= 11 is 0. The van der Waals surface area contributed by atoms with E-state index in [0.29, 0.717) is 11.7 Å². The Balaban J connectivity index is 2.08. The van der Waals surface area contributed by atoms with Crippen LogP contribution < -0.4 is 0 Å². The summed E-state index contributed by atoms with van der Waals surface area (Å²) in [5.41, 5.74) is 1.77. The number of benzene rings is 1. The van der Waals surface area contributed by atoms with Gasteiger partial charge in [0.25, 0.3) is 0 Å². The molecule has 82 valence electrons. The van der Waals surface area contributed by atoms with Crippen LogP contribution >= 0.6 is 0 Å². The maximum absolute atomic E-state index is 10.5. The van der Waals surface area contributed by atoms with E-state index in [-0.39, 0.29) is 0 Å². The summed E-state index contributed by atoms with van der Waals surface area (Å²) in [6.45, 7) is 2.11. The lowest BCUT2D eigenvalue weighted by Crippen LogP contribution is -2.05. The zero-order valence-corrected chi connectivity index (χ0v) is 9.21. The second-order valence-electron chi connectivity index (χ2n) is 3.90. The molecule has 1 atom stereocenters. The highest BCUT2D eigenvalue weighted by Crippen LogP contribution is 2.13. The van der Waals surface area contributed by atoms with Gasteiger partial charge >= 0.3 is 0 Å². The fourth-order valence-corrected chi connectivity index (χ4v) is 1.72. The first kappa shape index (κ1) is 10.6. The number of hydrogen-bond donors (Lipinski definition) is 0. The van der Waals surface area contributed by atoms with Crippen LogP contribution in [0.1, 0.15) is 29.0 Å². The van der Waals surface area contributed by atoms with Gasteiger partial charge < -0.3 is 4.57 Å². The minimum Gasteiger partial charge on any atom is -0.334 e. The number of rotatable bonds is 4. The largest absolute Gasteiger partial charge is 0.334 e. The van der Waals surface area contributed by atoms with Crippen molar-refractivity contribution >= 4 is 6.29 Å². The molecule has 1 aromatic heterocycles. The van der Waals surface area contributed by atoms with E-state index in [1.165, 1.54) is 5.56 Å². The monoisotopic (exact) mass is 214 g/mol. The van der Waals surface area contributed by atoms with Crippen molar-refractivity contribution in [1.82, 2.24) is 9.55 Å². The molecule has 0 spiro atoms. The number of aldehydes is 1. The van der Waals surface area contributed by atoms with Crippen molar-refractivity contribution in [2.24, 2.45) is 0 Å². The third-order valence-electron chi connectivity index (χ3n) is 2.63. The molecular formula is C13H14N2O. The first-order valence-electron chi connectivity index (χ1n) is 5.32. The molecule has 2 aromatic rings. The molecule has 0 saturated carbocycles. The second-order valence-corrected chi connectivity index (χ2v) is 3.90. The van der Waals surface area contributed by atoms with Crippen LogP contribution in [0.3, 0.4) is 0 Å². The quantitative estimate of drug-likeness (QED) is 0.733. The van der Waals surface area contributed by atoms with E-state index in [1.54, 1.807) is 12.5 Å². The normalized spacial score (nSPS) is 12.3. The molecule has 0 amide bonds. The van der Waals surface area contributed by atoms with Gasteiger partial charge in [0.15, 0.2) is 6.29 Å². The van der Waals surface area contributed by atoms with Gasteiger partial charge in [0.05, 0.1) is 6.33 Å². The van der Waals surface area contributed by atoms with Gasteiger partial charge in [-0.1, -0.05) is 30.3 Å². The summed E-state index contributed by atoms with van der Waals surface area (Å²) in [5.74, 6) is 0. The summed E-state index contributed by atoms with van der Waals surface area (Å²) < 4.78 is 1.97. The molecule has 3 nitrogen and oxygen atoms in total. The van der Waals surface area contributed by atoms with E-state index in [1.807, 2.05) is 22.8 Å². The molecular weight excluding hydrogens is 200 g/mol. The Morgan fingerprint density at radius 2 is 2.12 bits per heavy atom. The predicted molar refractivity (Wildman–Crippen MR) is 62.5 cm³/mol. The minimum atomic E-state index is 0.309. The van der Waals surface area contributed by atoms with Crippen molar-refractivity contribution in [1.29, 1.82) is 0 Å². The minimum absolute atomic E-state index is 0.309. The number of aromatic nitrogens is 2. The number of imidazole rings is 1. The second kappa shape index (κ2) is 4.75. The molecule has 0 unspecified atom stereocenters. The average Bonchev–Trinajstić information content (AvgIpc) is 2.79. The lowest BCUT2D eigenvalue weighted by molar-refractivity contribution is 0.111. The third kappa shape index (κ3) is 2.37. The van der Waals surface area contributed by atoms with Crippen LogP contribution in [-0.4, -0.2) is 15.8 Å². The Hall–Kier alpha value is -1.90. The number of hydrogen-bond acceptors (Lipinski definition) is 2. The number of carbonyl (C=O) groups is 1. The number of nitrogens with zero attached hydrogens (tertiary/aromatic N) is 2. The highest BCUT2D eigenvalue weighted by molar-refractivity contribution is 5.70. The molecule has 3 heteroatoms. The fourth-order valence-electron chi connectivity index (χ4n) is 1.72. The van der Waals surface area contributed by atoms with E-state index in [4.69, 9.17) is 0 Å². The van der Waals surface area contributed by atoms with Crippen LogP contribution in [-0.2, 0) is 6.42 Å². The summed E-state index contributed by atoms with van der Waals surface area (Å²) in [5, 5.41) is 0. The van der Waals surface area contributed by atoms with Gasteiger partial charge in [-0.05, 0) is 18.9 Å². The Labute approximate surface area is 94.7 Å². The highest BCUT2D eigenvalue weighted by Gasteiger charge is 2.06. The number of carbonyl (C=O) groups excluding carboxylic acids is 1. The van der Waals surface area contributed by atoms with Crippen molar-refractivity contribution in [3.8, 4) is 0 Å². The maximum atomic E-state index is 10.5. The van der Waals surface area contributed by atoms with Crippen LogP contribution in [0, 0.1) is 0 Å². The van der Waals surface area contributed by atoms with Gasteiger partial charge in [-0.2, -0.15) is 0 Å². The third-order valence-corrected chi connectivity index (χ3v) is 2.63. The van der Waals surface area contributed by atoms with E-state index in [0.717, 1.165) is 12.7 Å². The fraction of sp³-hybridized carbons (Fsp3) is 0.231. The molecule has 0 bridgehead atoms. The van der Waals surface area contributed by atoms with E-state index in [9.17, 15) is 4.79 Å². The standard InChI is InChI=1S/C13H14N2O/c1-11(7-12-5-3-2-4-6-12)15-8-13(9-16)14-10-15/h2-6,8-11H,7H2,1H3/t11-/m0/s1. The summed E-state index contributed by atoms with van der Waals surface area (Å²) in [6, 6.07) is 10.6. The van der Waals surface area contributed by atoms with Crippen LogP contribution in [0.2, 0.25) is 0 Å². The summed E-state index contributed by atoms with van der Waals surface area (Å²) in [7, 11) is 0. The summed E-state index contributed by atoms with van der Waals surface area (Å²) in [6.07, 6.45) is 5.19. The molecule has 0 saturated heterocycles. The van der Waals surface area contributed by atoms with Crippen LogP contribution in [0.25, 0.3) is 0 Å². The maximum Gasteiger partial charge on any atom is 0.169 e. The van der Waals surface area contributed by atoms with Gasteiger partial charge in [-0.3, -0.25) is 4.79 Å². The lowest BCUT2D eigenvalue weighted by Gasteiger charge is -2.12. The predicted octanol–water partition coefficient (Wildman–Crippen LogP) is 2.50. The van der Waals surface area contributed by atoms with Crippen molar-refractivity contribution in [3.05, 3.63) is 54.1 Å².